The number of alkyl halides is 3. The summed E-state index contributed by atoms with van der Waals surface area (Å²) in [5.74, 6) is 0.591. The average molecular weight is 294 g/mol. The summed E-state index contributed by atoms with van der Waals surface area (Å²) in [6.45, 7) is 5.54. The third kappa shape index (κ3) is 5.46. The fourth-order valence-electron chi connectivity index (χ4n) is 1.25. The average Bonchev–Trinajstić information content (AvgIpc) is 2.81. The highest BCUT2D eigenvalue weighted by atomic mass is 32.1. The lowest BCUT2D eigenvalue weighted by atomic mass is 10.5. The van der Waals surface area contributed by atoms with Crippen molar-refractivity contribution >= 4 is 17.3 Å². The van der Waals surface area contributed by atoms with Crippen LogP contribution in [-0.4, -0.2) is 24.0 Å². The molecule has 108 valence electrons. The van der Waals surface area contributed by atoms with E-state index >= 15 is 0 Å². The number of thiazole rings is 1. The second-order valence-electron chi connectivity index (χ2n) is 3.75. The van der Waals surface area contributed by atoms with E-state index in [1.807, 2.05) is 13.8 Å². The Morgan fingerprint density at radius 2 is 2.11 bits per heavy atom. The SMILES string of the molecule is CCCNC(=NCc1nc(C(F)(F)F)cs1)NCC. The van der Waals surface area contributed by atoms with Crippen molar-refractivity contribution in [1.29, 1.82) is 0 Å². The standard InChI is InChI=1S/C11H17F3N4S/c1-3-5-16-10(15-4-2)17-6-9-18-8(7-19-9)11(12,13)14/h7H,3-6H2,1-2H3,(H2,15,16,17). The van der Waals surface area contributed by atoms with Crippen LogP contribution in [0.25, 0.3) is 0 Å². The van der Waals surface area contributed by atoms with Gasteiger partial charge in [0.1, 0.15) is 5.01 Å². The maximum atomic E-state index is 12.4. The van der Waals surface area contributed by atoms with Gasteiger partial charge in [-0.15, -0.1) is 11.3 Å². The van der Waals surface area contributed by atoms with E-state index in [0.29, 0.717) is 17.5 Å². The van der Waals surface area contributed by atoms with Gasteiger partial charge in [0.15, 0.2) is 11.7 Å². The summed E-state index contributed by atoms with van der Waals surface area (Å²) in [6, 6.07) is 0. The number of nitrogens with one attached hydrogen (secondary N) is 2. The molecule has 0 unspecified atom stereocenters. The van der Waals surface area contributed by atoms with Gasteiger partial charge < -0.3 is 10.6 Å². The molecule has 1 aromatic heterocycles. The van der Waals surface area contributed by atoms with Crippen LogP contribution in [0.5, 0.6) is 0 Å². The molecule has 0 spiro atoms. The number of aromatic nitrogens is 1. The van der Waals surface area contributed by atoms with E-state index in [9.17, 15) is 13.2 Å². The van der Waals surface area contributed by atoms with Crippen LogP contribution >= 0.6 is 11.3 Å². The van der Waals surface area contributed by atoms with Crippen molar-refractivity contribution in [3.63, 3.8) is 0 Å². The lowest BCUT2D eigenvalue weighted by molar-refractivity contribution is -0.140. The molecule has 0 aliphatic carbocycles. The van der Waals surface area contributed by atoms with Crippen molar-refractivity contribution < 1.29 is 13.2 Å². The van der Waals surface area contributed by atoms with Crippen LogP contribution in [0, 0.1) is 0 Å². The summed E-state index contributed by atoms with van der Waals surface area (Å²) >= 11 is 0.967. The van der Waals surface area contributed by atoms with Crippen molar-refractivity contribution in [1.82, 2.24) is 15.6 Å². The van der Waals surface area contributed by atoms with Crippen molar-refractivity contribution in [2.45, 2.75) is 33.0 Å². The van der Waals surface area contributed by atoms with Crippen LogP contribution in [0.15, 0.2) is 10.4 Å². The lowest BCUT2D eigenvalue weighted by Crippen LogP contribution is -2.37. The Balaban J connectivity index is 2.64. The highest BCUT2D eigenvalue weighted by Gasteiger charge is 2.33. The second-order valence-corrected chi connectivity index (χ2v) is 4.69. The number of hydrogen-bond acceptors (Lipinski definition) is 3. The molecule has 4 nitrogen and oxygen atoms in total. The van der Waals surface area contributed by atoms with E-state index in [1.54, 1.807) is 0 Å². The summed E-state index contributed by atoms with van der Waals surface area (Å²) in [5.41, 5.74) is -0.853. The molecule has 0 saturated carbocycles. The fourth-order valence-corrected chi connectivity index (χ4v) is 1.97. The lowest BCUT2D eigenvalue weighted by Gasteiger charge is -2.09. The van der Waals surface area contributed by atoms with Gasteiger partial charge in [-0.3, -0.25) is 0 Å². The smallest absolute Gasteiger partial charge is 0.357 e. The maximum Gasteiger partial charge on any atom is 0.434 e. The normalized spacial score (nSPS) is 12.6. The molecule has 1 heterocycles. The Labute approximate surface area is 114 Å². The van der Waals surface area contributed by atoms with Gasteiger partial charge in [0.05, 0.1) is 6.54 Å². The summed E-state index contributed by atoms with van der Waals surface area (Å²) in [7, 11) is 0. The minimum atomic E-state index is -4.39. The summed E-state index contributed by atoms with van der Waals surface area (Å²) in [4.78, 5) is 7.72. The quantitative estimate of drug-likeness (QED) is 0.648. The van der Waals surface area contributed by atoms with E-state index in [1.165, 1.54) is 0 Å². The molecular formula is C11H17F3N4S. The summed E-state index contributed by atoms with van der Waals surface area (Å²) < 4.78 is 37.1. The number of halogens is 3. The van der Waals surface area contributed by atoms with Crippen LogP contribution in [-0.2, 0) is 12.7 Å². The van der Waals surface area contributed by atoms with Crippen LogP contribution in [0.1, 0.15) is 31.0 Å². The van der Waals surface area contributed by atoms with Gasteiger partial charge >= 0.3 is 6.18 Å². The first-order valence-corrected chi connectivity index (χ1v) is 6.89. The predicted octanol–water partition coefficient (Wildman–Crippen LogP) is 2.63. The Morgan fingerprint density at radius 1 is 1.37 bits per heavy atom. The monoisotopic (exact) mass is 294 g/mol. The Bertz CT molecular complexity index is 414. The van der Waals surface area contributed by atoms with Gasteiger partial charge in [0, 0.05) is 18.5 Å². The highest BCUT2D eigenvalue weighted by molar-refractivity contribution is 7.09. The fraction of sp³-hybridized carbons (Fsp3) is 0.636. The molecule has 0 amide bonds. The molecule has 19 heavy (non-hydrogen) atoms. The van der Waals surface area contributed by atoms with Crippen molar-refractivity contribution in [2.75, 3.05) is 13.1 Å². The van der Waals surface area contributed by atoms with Gasteiger partial charge in [-0.05, 0) is 13.3 Å². The first-order valence-electron chi connectivity index (χ1n) is 6.01. The largest absolute Gasteiger partial charge is 0.434 e. The highest BCUT2D eigenvalue weighted by Crippen LogP contribution is 2.30. The number of nitrogens with zero attached hydrogens (tertiary/aromatic N) is 2. The second kappa shape index (κ2) is 7.32. The molecule has 0 aliphatic heterocycles. The third-order valence-electron chi connectivity index (χ3n) is 2.10. The first-order chi connectivity index (χ1) is 8.97. The van der Waals surface area contributed by atoms with Gasteiger partial charge in [0.2, 0.25) is 0 Å². The molecule has 0 radical (unpaired) electrons. The summed E-state index contributed by atoms with van der Waals surface area (Å²) in [5, 5.41) is 7.45. The van der Waals surface area contributed by atoms with E-state index in [0.717, 1.165) is 29.7 Å². The van der Waals surface area contributed by atoms with Gasteiger partial charge in [-0.2, -0.15) is 13.2 Å². The summed E-state index contributed by atoms with van der Waals surface area (Å²) in [6.07, 6.45) is -3.44. The Hall–Kier alpha value is -1.31. The van der Waals surface area contributed by atoms with Crippen LogP contribution in [0.2, 0.25) is 0 Å². The van der Waals surface area contributed by atoms with Crippen molar-refractivity contribution in [3.8, 4) is 0 Å². The zero-order valence-corrected chi connectivity index (χ0v) is 11.7. The molecule has 0 bridgehead atoms. The molecule has 8 heteroatoms. The van der Waals surface area contributed by atoms with E-state index in [-0.39, 0.29) is 6.54 Å². The zero-order valence-electron chi connectivity index (χ0n) is 10.8. The molecule has 2 N–H and O–H groups in total. The Morgan fingerprint density at radius 3 is 2.63 bits per heavy atom. The van der Waals surface area contributed by atoms with Gasteiger partial charge in [-0.1, -0.05) is 6.92 Å². The number of guanidine groups is 1. The molecule has 1 aromatic rings. The van der Waals surface area contributed by atoms with E-state index in [4.69, 9.17) is 0 Å². The number of rotatable bonds is 5. The molecular weight excluding hydrogens is 277 g/mol. The first kappa shape index (κ1) is 15.7. The maximum absolute atomic E-state index is 12.4. The van der Waals surface area contributed by atoms with E-state index < -0.39 is 11.9 Å². The zero-order chi connectivity index (χ0) is 14.3. The van der Waals surface area contributed by atoms with Gasteiger partial charge in [-0.25, -0.2) is 9.98 Å². The van der Waals surface area contributed by atoms with Crippen LogP contribution in [0.4, 0.5) is 13.2 Å². The van der Waals surface area contributed by atoms with Crippen molar-refractivity contribution in [2.24, 2.45) is 4.99 Å². The number of hydrogen-bond donors (Lipinski definition) is 2. The van der Waals surface area contributed by atoms with Gasteiger partial charge in [0.25, 0.3) is 0 Å². The van der Waals surface area contributed by atoms with Crippen molar-refractivity contribution in [3.05, 3.63) is 16.1 Å². The number of aliphatic imine (C=N–C) groups is 1. The minimum Gasteiger partial charge on any atom is -0.357 e. The van der Waals surface area contributed by atoms with Crippen LogP contribution in [0.3, 0.4) is 0 Å². The molecule has 0 saturated heterocycles. The molecule has 0 atom stereocenters. The third-order valence-corrected chi connectivity index (χ3v) is 2.93. The Kier molecular flexibility index (Phi) is 6.07. The van der Waals surface area contributed by atoms with Crippen LogP contribution < -0.4 is 10.6 Å². The minimum absolute atomic E-state index is 0.139. The topological polar surface area (TPSA) is 49.3 Å². The molecule has 0 fully saturated rings. The predicted molar refractivity (Wildman–Crippen MR) is 70.2 cm³/mol. The molecule has 1 rings (SSSR count). The van der Waals surface area contributed by atoms with E-state index in [2.05, 4.69) is 20.6 Å². The molecule has 0 aromatic carbocycles. The molecule has 0 aliphatic rings.